The van der Waals surface area contributed by atoms with Gasteiger partial charge in [0.15, 0.2) is 0 Å². The average Bonchev–Trinajstić information content (AvgIpc) is 3.23. The van der Waals surface area contributed by atoms with E-state index in [1.807, 2.05) is 24.3 Å². The van der Waals surface area contributed by atoms with Gasteiger partial charge < -0.3 is 9.42 Å². The Morgan fingerprint density at radius 1 is 1.07 bits per heavy atom. The van der Waals surface area contributed by atoms with E-state index in [1.165, 1.54) is 24.0 Å². The van der Waals surface area contributed by atoms with E-state index >= 15 is 0 Å². The Kier molecular flexibility index (Phi) is 6.66. The third-order valence-electron chi connectivity index (χ3n) is 5.95. The van der Waals surface area contributed by atoms with Crippen LogP contribution >= 0.6 is 11.6 Å². The lowest BCUT2D eigenvalue weighted by atomic mass is 9.78. The van der Waals surface area contributed by atoms with E-state index < -0.39 is 0 Å². The number of benzene rings is 2. The monoisotopic (exact) mass is 421 g/mol. The van der Waals surface area contributed by atoms with Crippen molar-refractivity contribution in [3.05, 3.63) is 82.7 Å². The molecule has 30 heavy (non-hydrogen) atoms. The molecule has 0 amide bonds. The Balaban J connectivity index is 1.36. The number of halogens is 1. The van der Waals surface area contributed by atoms with Crippen molar-refractivity contribution in [2.45, 2.75) is 38.1 Å². The van der Waals surface area contributed by atoms with Gasteiger partial charge in [-0.25, -0.2) is 0 Å². The molecule has 2 aromatic carbocycles. The van der Waals surface area contributed by atoms with Crippen LogP contribution in [0.25, 0.3) is 11.4 Å². The number of rotatable bonds is 6. The SMILES string of the molecule is CN(C)C(c1ccccc1)C1CCC(=CCc2nc(-c3ccc(Cl)cc3)no2)CC1. The molecule has 0 saturated heterocycles. The summed E-state index contributed by atoms with van der Waals surface area (Å²) in [5, 5.41) is 4.80. The fourth-order valence-electron chi connectivity index (χ4n) is 4.46. The molecule has 1 atom stereocenters. The van der Waals surface area contributed by atoms with Crippen molar-refractivity contribution in [2.24, 2.45) is 5.92 Å². The van der Waals surface area contributed by atoms with Gasteiger partial charge in [0.05, 0.1) is 0 Å². The molecule has 0 radical (unpaired) electrons. The Morgan fingerprint density at radius 2 is 1.77 bits per heavy atom. The third-order valence-corrected chi connectivity index (χ3v) is 6.20. The zero-order valence-corrected chi connectivity index (χ0v) is 18.3. The van der Waals surface area contributed by atoms with Crippen molar-refractivity contribution in [2.75, 3.05) is 14.1 Å². The van der Waals surface area contributed by atoms with Crippen molar-refractivity contribution in [3.63, 3.8) is 0 Å². The minimum Gasteiger partial charge on any atom is -0.339 e. The van der Waals surface area contributed by atoms with Gasteiger partial charge in [0.25, 0.3) is 0 Å². The second kappa shape index (κ2) is 9.59. The highest BCUT2D eigenvalue weighted by molar-refractivity contribution is 6.30. The van der Waals surface area contributed by atoms with Gasteiger partial charge >= 0.3 is 0 Å². The lowest BCUT2D eigenvalue weighted by molar-refractivity contribution is 0.183. The molecular weight excluding hydrogens is 394 g/mol. The van der Waals surface area contributed by atoms with E-state index in [0.717, 1.165) is 18.4 Å². The Hall–Kier alpha value is -2.43. The van der Waals surface area contributed by atoms with Crippen LogP contribution in [0.3, 0.4) is 0 Å². The minimum absolute atomic E-state index is 0.477. The molecule has 4 nitrogen and oxygen atoms in total. The molecule has 1 fully saturated rings. The van der Waals surface area contributed by atoms with Crippen molar-refractivity contribution in [1.82, 2.24) is 15.0 Å². The summed E-state index contributed by atoms with van der Waals surface area (Å²) in [7, 11) is 4.38. The van der Waals surface area contributed by atoms with Crippen molar-refractivity contribution in [3.8, 4) is 11.4 Å². The smallest absolute Gasteiger partial charge is 0.230 e. The van der Waals surface area contributed by atoms with Gasteiger partial charge in [0, 0.05) is 23.0 Å². The second-order valence-electron chi connectivity index (χ2n) is 8.24. The summed E-state index contributed by atoms with van der Waals surface area (Å²) in [5.41, 5.74) is 3.83. The highest BCUT2D eigenvalue weighted by atomic mass is 35.5. The van der Waals surface area contributed by atoms with Gasteiger partial charge in [-0.15, -0.1) is 0 Å². The lowest BCUT2D eigenvalue weighted by Gasteiger charge is -2.36. The quantitative estimate of drug-likeness (QED) is 0.435. The van der Waals surface area contributed by atoms with E-state index in [2.05, 4.69) is 65.5 Å². The molecule has 3 aromatic rings. The standard InChI is InChI=1S/C25H28ClN3O/c1-29(2)24(19-6-4-3-5-7-19)20-11-8-18(9-12-20)10-17-23-27-25(28-30-23)21-13-15-22(26)16-14-21/h3-7,10,13-16,20,24H,8-9,11-12,17H2,1-2H3. The number of allylic oxidation sites excluding steroid dienone is 2. The first-order valence-electron chi connectivity index (χ1n) is 10.6. The van der Waals surface area contributed by atoms with Gasteiger partial charge in [-0.1, -0.05) is 58.7 Å². The topological polar surface area (TPSA) is 42.2 Å². The van der Waals surface area contributed by atoms with Crippen LogP contribution < -0.4 is 0 Å². The molecule has 1 heterocycles. The van der Waals surface area contributed by atoms with E-state index in [9.17, 15) is 0 Å². The molecule has 1 saturated carbocycles. The summed E-state index contributed by atoms with van der Waals surface area (Å²) in [4.78, 5) is 6.89. The fourth-order valence-corrected chi connectivity index (χ4v) is 4.58. The second-order valence-corrected chi connectivity index (χ2v) is 8.68. The molecule has 1 aromatic heterocycles. The summed E-state index contributed by atoms with van der Waals surface area (Å²) in [6, 6.07) is 18.8. The summed E-state index contributed by atoms with van der Waals surface area (Å²) in [6.07, 6.45) is 7.67. The van der Waals surface area contributed by atoms with Crippen LogP contribution in [0, 0.1) is 5.92 Å². The first kappa shape index (κ1) is 20.8. The molecule has 1 aliphatic rings. The van der Waals surface area contributed by atoms with Gasteiger partial charge in [-0.3, -0.25) is 0 Å². The normalized spacial score (nSPS) is 17.9. The first-order chi connectivity index (χ1) is 14.6. The summed E-state index contributed by atoms with van der Waals surface area (Å²) >= 11 is 5.95. The van der Waals surface area contributed by atoms with Crippen LogP contribution in [0.5, 0.6) is 0 Å². The highest BCUT2D eigenvalue weighted by Gasteiger charge is 2.27. The molecule has 4 rings (SSSR count). The number of hydrogen-bond acceptors (Lipinski definition) is 4. The van der Waals surface area contributed by atoms with E-state index in [-0.39, 0.29) is 0 Å². The number of hydrogen-bond donors (Lipinski definition) is 0. The van der Waals surface area contributed by atoms with Crippen molar-refractivity contribution in [1.29, 1.82) is 0 Å². The van der Waals surface area contributed by atoms with Crippen molar-refractivity contribution < 1.29 is 4.52 Å². The lowest BCUT2D eigenvalue weighted by Crippen LogP contribution is -2.29. The molecule has 0 aliphatic heterocycles. The Morgan fingerprint density at radius 3 is 2.43 bits per heavy atom. The van der Waals surface area contributed by atoms with Crippen LogP contribution in [0.1, 0.15) is 43.2 Å². The van der Waals surface area contributed by atoms with Gasteiger partial charge in [-0.05, 0) is 75.5 Å². The zero-order chi connectivity index (χ0) is 20.9. The van der Waals surface area contributed by atoms with Crippen LogP contribution in [0.4, 0.5) is 0 Å². The maximum Gasteiger partial charge on any atom is 0.230 e. The van der Waals surface area contributed by atoms with Crippen LogP contribution in [-0.2, 0) is 6.42 Å². The van der Waals surface area contributed by atoms with Crippen LogP contribution in [0.15, 0.2) is 70.8 Å². The average molecular weight is 422 g/mol. The zero-order valence-electron chi connectivity index (χ0n) is 17.6. The number of nitrogens with zero attached hydrogens (tertiary/aromatic N) is 3. The maximum absolute atomic E-state index is 5.95. The molecule has 156 valence electrons. The van der Waals surface area contributed by atoms with E-state index in [0.29, 0.717) is 35.1 Å². The predicted octanol–water partition coefficient (Wildman–Crippen LogP) is 6.35. The minimum atomic E-state index is 0.477. The summed E-state index contributed by atoms with van der Waals surface area (Å²) in [6.45, 7) is 0. The van der Waals surface area contributed by atoms with Gasteiger partial charge in [0.2, 0.25) is 11.7 Å². The molecule has 1 aliphatic carbocycles. The first-order valence-corrected chi connectivity index (χ1v) is 11.0. The largest absolute Gasteiger partial charge is 0.339 e. The maximum atomic E-state index is 5.95. The predicted molar refractivity (Wildman–Crippen MR) is 121 cm³/mol. The summed E-state index contributed by atoms with van der Waals surface area (Å²) < 4.78 is 5.44. The Bertz CT molecular complexity index is 969. The molecule has 0 N–H and O–H groups in total. The molecule has 0 spiro atoms. The van der Waals surface area contributed by atoms with Gasteiger partial charge in [-0.2, -0.15) is 4.98 Å². The fraction of sp³-hybridized carbons (Fsp3) is 0.360. The Labute approximate surface area is 183 Å². The van der Waals surface area contributed by atoms with Crippen LogP contribution in [-0.4, -0.2) is 29.1 Å². The van der Waals surface area contributed by atoms with Crippen LogP contribution in [0.2, 0.25) is 5.02 Å². The summed E-state index contributed by atoms with van der Waals surface area (Å²) in [5.74, 6) is 1.95. The molecular formula is C25H28ClN3O. The van der Waals surface area contributed by atoms with Crippen molar-refractivity contribution >= 4 is 11.6 Å². The van der Waals surface area contributed by atoms with E-state index in [1.54, 1.807) is 0 Å². The molecule has 0 bridgehead atoms. The number of aromatic nitrogens is 2. The molecule has 5 heteroatoms. The molecule has 1 unspecified atom stereocenters. The van der Waals surface area contributed by atoms with E-state index in [4.69, 9.17) is 16.1 Å². The highest BCUT2D eigenvalue weighted by Crippen LogP contribution is 2.39. The third kappa shape index (κ3) is 5.00. The van der Waals surface area contributed by atoms with Gasteiger partial charge in [0.1, 0.15) is 0 Å².